The van der Waals surface area contributed by atoms with E-state index in [4.69, 9.17) is 14.6 Å². The highest BCUT2D eigenvalue weighted by Crippen LogP contribution is 2.40. The van der Waals surface area contributed by atoms with Crippen LogP contribution < -0.4 is 20.5 Å². The van der Waals surface area contributed by atoms with Gasteiger partial charge in [0.15, 0.2) is 0 Å². The minimum absolute atomic E-state index is 0.0477. The van der Waals surface area contributed by atoms with Crippen molar-refractivity contribution in [3.63, 3.8) is 0 Å². The van der Waals surface area contributed by atoms with Gasteiger partial charge in [-0.15, -0.1) is 0 Å². The molecule has 1 heterocycles. The molecule has 1 aliphatic heterocycles. The number of aryl methyl sites for hydroxylation is 2. The number of ether oxygens (including phenoxy) is 2. The molecule has 3 aromatic rings. The Morgan fingerprint density at radius 3 is 2.59 bits per heavy atom. The minimum Gasteiger partial charge on any atom is -0.460 e. The second-order valence-corrected chi connectivity index (χ2v) is 7.85. The molecule has 0 spiro atoms. The highest BCUT2D eigenvalue weighted by molar-refractivity contribution is 5.99. The third kappa shape index (κ3) is 3.87. The number of fused-ring (bicyclic) bond motifs is 2. The van der Waals surface area contributed by atoms with Gasteiger partial charge in [-0.1, -0.05) is 24.8 Å². The summed E-state index contributed by atoms with van der Waals surface area (Å²) in [7, 11) is 0. The summed E-state index contributed by atoms with van der Waals surface area (Å²) in [5, 5.41) is 14.3. The van der Waals surface area contributed by atoms with Crippen LogP contribution in [0.1, 0.15) is 39.5 Å². The van der Waals surface area contributed by atoms with Crippen LogP contribution in [0.15, 0.2) is 48.5 Å². The van der Waals surface area contributed by atoms with E-state index in [1.54, 1.807) is 6.07 Å². The lowest BCUT2D eigenvalue weighted by molar-refractivity contribution is 0.0433. The lowest BCUT2D eigenvalue weighted by Crippen LogP contribution is -2.23. The molecule has 0 bridgehead atoms. The van der Waals surface area contributed by atoms with Gasteiger partial charge in [-0.05, 0) is 66.9 Å². The van der Waals surface area contributed by atoms with Crippen molar-refractivity contribution in [3.8, 4) is 11.5 Å². The van der Waals surface area contributed by atoms with Gasteiger partial charge >= 0.3 is 5.97 Å². The Balaban J connectivity index is 2.05. The zero-order chi connectivity index (χ0) is 22.8. The number of hydrogen-bond acceptors (Lipinski definition) is 5. The van der Waals surface area contributed by atoms with E-state index < -0.39 is 5.97 Å². The Morgan fingerprint density at radius 1 is 1.06 bits per heavy atom. The minimum atomic E-state index is -0.469. The van der Waals surface area contributed by atoms with Crippen LogP contribution >= 0.6 is 0 Å². The molecule has 0 aromatic heterocycles. The van der Waals surface area contributed by atoms with Crippen LogP contribution in [-0.2, 0) is 4.74 Å². The average molecular weight is 430 g/mol. The fraction of sp³-hybridized carbons (Fsp3) is 0.222. The summed E-state index contributed by atoms with van der Waals surface area (Å²) in [5.41, 5.74) is 6.15. The predicted molar refractivity (Wildman–Crippen MR) is 127 cm³/mol. The van der Waals surface area contributed by atoms with E-state index in [9.17, 15) is 4.79 Å². The SMILES string of the molecule is C=c1cc2c(cc1C)=C(c1ccccc1C(=O)OCCO)c1cc(C)c(NCC)cc1O2. The van der Waals surface area contributed by atoms with E-state index in [-0.39, 0.29) is 13.2 Å². The predicted octanol–water partition coefficient (Wildman–Crippen LogP) is 3.65. The summed E-state index contributed by atoms with van der Waals surface area (Å²) in [6.45, 7) is 10.8. The number of anilines is 1. The Hall–Kier alpha value is -3.57. The summed E-state index contributed by atoms with van der Waals surface area (Å²) >= 11 is 0. The van der Waals surface area contributed by atoms with Gasteiger partial charge in [0, 0.05) is 34.7 Å². The summed E-state index contributed by atoms with van der Waals surface area (Å²) in [5.74, 6) is 0.951. The third-order valence-electron chi connectivity index (χ3n) is 5.63. The number of rotatable bonds is 6. The van der Waals surface area contributed by atoms with Crippen molar-refractivity contribution < 1.29 is 19.4 Å². The van der Waals surface area contributed by atoms with E-state index in [0.717, 1.165) is 56.2 Å². The van der Waals surface area contributed by atoms with Gasteiger partial charge in [-0.2, -0.15) is 0 Å². The van der Waals surface area contributed by atoms with E-state index in [1.807, 2.05) is 37.3 Å². The number of carbonyl (C=O) groups is 1. The normalized spacial score (nSPS) is 11.9. The van der Waals surface area contributed by atoms with Crippen molar-refractivity contribution in [2.75, 3.05) is 25.1 Å². The van der Waals surface area contributed by atoms with Crippen molar-refractivity contribution in [1.82, 2.24) is 0 Å². The number of benzene rings is 3. The zero-order valence-electron chi connectivity index (χ0n) is 18.6. The first-order chi connectivity index (χ1) is 15.4. The molecule has 5 heteroatoms. The number of aliphatic hydroxyl groups excluding tert-OH is 1. The number of carbonyl (C=O) groups excluding carboxylic acids is 1. The summed E-state index contributed by atoms with van der Waals surface area (Å²) in [4.78, 5) is 12.8. The second kappa shape index (κ2) is 8.89. The largest absolute Gasteiger partial charge is 0.460 e. The van der Waals surface area contributed by atoms with Crippen LogP contribution in [0.2, 0.25) is 0 Å². The Labute approximate surface area is 187 Å². The molecular formula is C27H27NO4. The maximum atomic E-state index is 12.8. The maximum absolute atomic E-state index is 12.8. The van der Waals surface area contributed by atoms with E-state index in [2.05, 4.69) is 37.9 Å². The monoisotopic (exact) mass is 429 g/mol. The molecule has 0 unspecified atom stereocenters. The molecule has 0 fully saturated rings. The number of hydrogen-bond donors (Lipinski definition) is 2. The fourth-order valence-electron chi connectivity index (χ4n) is 4.01. The van der Waals surface area contributed by atoms with Gasteiger partial charge < -0.3 is 19.9 Å². The first kappa shape index (κ1) is 21.7. The molecule has 5 nitrogen and oxygen atoms in total. The highest BCUT2D eigenvalue weighted by atomic mass is 16.5. The van der Waals surface area contributed by atoms with Gasteiger partial charge in [-0.3, -0.25) is 0 Å². The molecule has 0 aliphatic carbocycles. The topological polar surface area (TPSA) is 67.8 Å². The van der Waals surface area contributed by atoms with Crippen LogP contribution in [0.5, 0.6) is 11.5 Å². The van der Waals surface area contributed by atoms with Gasteiger partial charge in [0.2, 0.25) is 0 Å². The van der Waals surface area contributed by atoms with Crippen LogP contribution in [0.4, 0.5) is 5.69 Å². The van der Waals surface area contributed by atoms with E-state index in [1.165, 1.54) is 0 Å². The summed E-state index contributed by atoms with van der Waals surface area (Å²) in [6, 6.07) is 15.5. The van der Waals surface area contributed by atoms with Crippen molar-refractivity contribution in [2.24, 2.45) is 0 Å². The van der Waals surface area contributed by atoms with Crippen LogP contribution in [0.25, 0.3) is 12.2 Å². The van der Waals surface area contributed by atoms with Crippen LogP contribution in [-0.4, -0.2) is 30.8 Å². The molecular weight excluding hydrogens is 402 g/mol. The molecule has 1 aliphatic rings. The summed E-state index contributed by atoms with van der Waals surface area (Å²) in [6.07, 6.45) is 0. The molecule has 32 heavy (non-hydrogen) atoms. The Kier molecular flexibility index (Phi) is 6.01. The first-order valence-electron chi connectivity index (χ1n) is 10.7. The van der Waals surface area contributed by atoms with Gasteiger partial charge in [0.25, 0.3) is 0 Å². The van der Waals surface area contributed by atoms with E-state index in [0.29, 0.717) is 11.3 Å². The van der Waals surface area contributed by atoms with Crippen LogP contribution in [0, 0.1) is 13.8 Å². The lowest BCUT2D eigenvalue weighted by Gasteiger charge is -2.24. The number of nitrogens with one attached hydrogen (secondary N) is 1. The fourth-order valence-corrected chi connectivity index (χ4v) is 4.01. The highest BCUT2D eigenvalue weighted by Gasteiger charge is 2.25. The maximum Gasteiger partial charge on any atom is 0.338 e. The zero-order valence-corrected chi connectivity index (χ0v) is 18.6. The van der Waals surface area contributed by atoms with Crippen LogP contribution in [0.3, 0.4) is 0 Å². The molecule has 0 saturated carbocycles. The first-order valence-corrected chi connectivity index (χ1v) is 10.7. The molecule has 3 aromatic carbocycles. The number of aliphatic hydroxyl groups is 1. The van der Waals surface area contributed by atoms with Crippen molar-refractivity contribution in [3.05, 3.63) is 86.8 Å². The molecule has 0 atom stereocenters. The van der Waals surface area contributed by atoms with Crippen molar-refractivity contribution in [2.45, 2.75) is 20.8 Å². The number of esters is 1. The van der Waals surface area contributed by atoms with E-state index >= 15 is 0 Å². The molecule has 0 radical (unpaired) electrons. The van der Waals surface area contributed by atoms with Gasteiger partial charge in [0.1, 0.15) is 18.1 Å². The summed E-state index contributed by atoms with van der Waals surface area (Å²) < 4.78 is 11.6. The van der Waals surface area contributed by atoms with Crippen molar-refractivity contribution in [1.29, 1.82) is 0 Å². The van der Waals surface area contributed by atoms with Crippen molar-refractivity contribution >= 4 is 23.8 Å². The van der Waals surface area contributed by atoms with Gasteiger partial charge in [-0.25, -0.2) is 4.79 Å². The van der Waals surface area contributed by atoms with Gasteiger partial charge in [0.05, 0.1) is 12.2 Å². The smallest absolute Gasteiger partial charge is 0.338 e. The Bertz CT molecular complexity index is 1310. The molecule has 4 rings (SSSR count). The standard InChI is InChI=1S/C27H27NO4/c1-5-28-23-15-25-22(13-18(23)4)26(21-12-16(2)17(3)14-24(21)32-25)19-8-6-7-9-20(19)27(30)31-11-10-29/h6-9,12-15,28-29H,3,5,10-11H2,1-2,4H3. The third-order valence-corrected chi connectivity index (χ3v) is 5.63. The second-order valence-electron chi connectivity index (χ2n) is 7.85. The molecule has 0 saturated heterocycles. The average Bonchev–Trinajstić information content (AvgIpc) is 2.78. The quantitative estimate of drug-likeness (QED) is 0.458. The Morgan fingerprint density at radius 2 is 1.84 bits per heavy atom. The molecule has 0 amide bonds. The molecule has 164 valence electrons. The molecule has 2 N–H and O–H groups in total. The lowest BCUT2D eigenvalue weighted by atomic mass is 9.88.